The minimum absolute atomic E-state index is 0. The minimum Gasteiger partial charge on any atom is -0.876 e. The van der Waals surface area contributed by atoms with Crippen molar-refractivity contribution < 1.29 is 30.0 Å². The fourth-order valence-electron chi connectivity index (χ4n) is 5.27. The largest absolute Gasteiger partial charge is 3.00 e. The molecule has 2 heterocycles. The molecule has 0 aliphatic rings. The Labute approximate surface area is 324 Å². The number of pyridine rings is 2. The van der Waals surface area contributed by atoms with E-state index in [0.717, 1.165) is 65.4 Å². The van der Waals surface area contributed by atoms with E-state index in [1.165, 1.54) is 47.2 Å². The van der Waals surface area contributed by atoms with Gasteiger partial charge >= 0.3 is 20.1 Å². The number of ketones is 1. The van der Waals surface area contributed by atoms with E-state index in [1.54, 1.807) is 0 Å². The number of nitrogens with zero attached hydrogens (tertiary/aromatic N) is 2. The van der Waals surface area contributed by atoms with Crippen LogP contribution in [0.1, 0.15) is 63.8 Å². The van der Waals surface area contributed by atoms with Crippen LogP contribution >= 0.6 is 0 Å². The van der Waals surface area contributed by atoms with E-state index in [2.05, 4.69) is 147 Å². The van der Waals surface area contributed by atoms with E-state index in [1.807, 2.05) is 24.5 Å². The van der Waals surface area contributed by atoms with Gasteiger partial charge in [-0.1, -0.05) is 120 Å². The van der Waals surface area contributed by atoms with Crippen molar-refractivity contribution in [1.29, 1.82) is 0 Å². The van der Waals surface area contributed by atoms with Crippen LogP contribution in [0.25, 0.3) is 44.8 Å². The summed E-state index contributed by atoms with van der Waals surface area (Å²) < 4.78 is 0. The second-order valence-electron chi connectivity index (χ2n) is 12.3. The van der Waals surface area contributed by atoms with E-state index in [-0.39, 0.29) is 31.6 Å². The molecule has 2 aromatic heterocycles. The van der Waals surface area contributed by atoms with E-state index in [9.17, 15) is 9.90 Å². The molecule has 52 heavy (non-hydrogen) atoms. The van der Waals surface area contributed by atoms with Gasteiger partial charge in [0, 0.05) is 12.4 Å². The first-order valence-corrected chi connectivity index (χ1v) is 17.7. The Bertz CT molecular complexity index is 1690. The Morgan fingerprint density at radius 2 is 0.885 bits per heavy atom. The summed E-state index contributed by atoms with van der Waals surface area (Å²) in [4.78, 5) is 19.2. The van der Waals surface area contributed by atoms with Crippen LogP contribution < -0.4 is 5.11 Å². The molecule has 0 spiro atoms. The predicted molar refractivity (Wildman–Crippen MR) is 210 cm³/mol. The zero-order valence-corrected chi connectivity index (χ0v) is 33.4. The zero-order chi connectivity index (χ0) is 36.6. The molecule has 0 fully saturated rings. The van der Waals surface area contributed by atoms with Crippen LogP contribution in [0.5, 0.6) is 0 Å². The maximum atomic E-state index is 9.98. The second kappa shape index (κ2) is 21.4. The maximum absolute atomic E-state index is 9.98. The number of carbonyl (C=O) groups is 1. The quantitative estimate of drug-likeness (QED) is 0.0825. The average molecular weight is 864 g/mol. The number of benzene rings is 4. The minimum atomic E-state index is -0.187. The SMILES string of the molecule is CC(=O)/C=C(/C)[O-].CCc1c[c-]c(-c2ccc(-c3ccc(CC)cc3)cn2)cc1.CCc1c[c-]c(-c2ccc(-c3ccc(CC)cc3)cn2)cc1.[Ir+3]. The molecule has 6 rings (SSSR count). The summed E-state index contributed by atoms with van der Waals surface area (Å²) in [5.41, 5.74) is 14.1. The van der Waals surface area contributed by atoms with Crippen molar-refractivity contribution in [2.75, 3.05) is 0 Å². The van der Waals surface area contributed by atoms with Crippen LogP contribution in [0.15, 0.2) is 133 Å². The number of allylic oxidation sites excluding steroid dienone is 2. The van der Waals surface area contributed by atoms with Gasteiger partial charge in [0.25, 0.3) is 0 Å². The van der Waals surface area contributed by atoms with Gasteiger partial charge in [-0.25, -0.2) is 0 Å². The van der Waals surface area contributed by atoms with Gasteiger partial charge in [-0.2, -0.15) is 0 Å². The van der Waals surface area contributed by atoms with E-state index in [0.29, 0.717) is 0 Å². The van der Waals surface area contributed by atoms with Gasteiger partial charge in [0.1, 0.15) is 0 Å². The summed E-state index contributed by atoms with van der Waals surface area (Å²) in [6, 6.07) is 45.0. The fourth-order valence-corrected chi connectivity index (χ4v) is 5.27. The molecule has 6 aromatic rings. The molecule has 0 aliphatic carbocycles. The van der Waals surface area contributed by atoms with Gasteiger partial charge in [0.15, 0.2) is 5.78 Å². The van der Waals surface area contributed by atoms with Gasteiger partial charge in [-0.05, 0) is 70.6 Å². The number of hydrogen-bond donors (Lipinski definition) is 0. The van der Waals surface area contributed by atoms with Crippen molar-refractivity contribution in [2.24, 2.45) is 0 Å². The number of rotatable bonds is 9. The molecule has 4 nitrogen and oxygen atoms in total. The molecule has 0 atom stereocenters. The Morgan fingerprint density at radius 3 is 1.12 bits per heavy atom. The van der Waals surface area contributed by atoms with E-state index < -0.39 is 0 Å². The number of aromatic nitrogens is 2. The van der Waals surface area contributed by atoms with Crippen molar-refractivity contribution in [3.05, 3.63) is 168 Å². The van der Waals surface area contributed by atoms with Crippen LogP contribution in [0.3, 0.4) is 0 Å². The Balaban J connectivity index is 0.000000234. The Hall–Kier alpha value is -4.96. The van der Waals surface area contributed by atoms with Crippen molar-refractivity contribution in [1.82, 2.24) is 9.97 Å². The first kappa shape index (κ1) is 41.5. The average Bonchev–Trinajstić information content (AvgIpc) is 3.18. The van der Waals surface area contributed by atoms with Gasteiger partial charge in [0.05, 0.1) is 0 Å². The Morgan fingerprint density at radius 1 is 0.538 bits per heavy atom. The zero-order valence-electron chi connectivity index (χ0n) is 31.0. The molecule has 5 heteroatoms. The summed E-state index contributed by atoms with van der Waals surface area (Å²) in [7, 11) is 0. The van der Waals surface area contributed by atoms with E-state index >= 15 is 0 Å². The molecule has 0 saturated heterocycles. The summed E-state index contributed by atoms with van der Waals surface area (Å²) in [5.74, 6) is -0.375. The molecular formula is C47H47IrN2O2. The van der Waals surface area contributed by atoms with Crippen LogP contribution in [0, 0.1) is 12.1 Å². The van der Waals surface area contributed by atoms with Crippen molar-refractivity contribution in [2.45, 2.75) is 67.2 Å². The topological polar surface area (TPSA) is 65.9 Å². The van der Waals surface area contributed by atoms with Crippen LogP contribution in [-0.4, -0.2) is 15.8 Å². The number of aryl methyl sites for hydroxylation is 4. The van der Waals surface area contributed by atoms with Crippen LogP contribution in [0.2, 0.25) is 0 Å². The molecule has 0 unspecified atom stereocenters. The van der Waals surface area contributed by atoms with E-state index in [4.69, 9.17) is 0 Å². The first-order valence-electron chi connectivity index (χ1n) is 17.7. The molecule has 4 aromatic carbocycles. The smallest absolute Gasteiger partial charge is 0.876 e. The molecule has 0 bridgehead atoms. The number of hydrogen-bond acceptors (Lipinski definition) is 4. The molecule has 0 saturated carbocycles. The van der Waals surface area contributed by atoms with Gasteiger partial charge < -0.3 is 15.1 Å². The van der Waals surface area contributed by atoms with Crippen LogP contribution in [-0.2, 0) is 50.6 Å². The molecule has 0 N–H and O–H groups in total. The predicted octanol–water partition coefficient (Wildman–Crippen LogP) is 10.5. The van der Waals surface area contributed by atoms with Crippen LogP contribution in [0.4, 0.5) is 0 Å². The maximum Gasteiger partial charge on any atom is 3.00 e. The van der Waals surface area contributed by atoms with Crippen molar-refractivity contribution in [3.63, 3.8) is 0 Å². The monoisotopic (exact) mass is 864 g/mol. The molecule has 0 aliphatic heterocycles. The van der Waals surface area contributed by atoms with Crippen molar-refractivity contribution >= 4 is 5.78 Å². The first-order chi connectivity index (χ1) is 24.7. The van der Waals surface area contributed by atoms with Gasteiger partial charge in [0.2, 0.25) is 0 Å². The molecule has 0 radical (unpaired) electrons. The fraction of sp³-hybridized carbons (Fsp3) is 0.213. The third kappa shape index (κ3) is 12.7. The van der Waals surface area contributed by atoms with Crippen molar-refractivity contribution in [3.8, 4) is 44.8 Å². The molecular weight excluding hydrogens is 817 g/mol. The summed E-state index contributed by atoms with van der Waals surface area (Å²) >= 11 is 0. The number of carbonyl (C=O) groups excluding carboxylic acids is 1. The molecule has 266 valence electrons. The third-order valence-electron chi connectivity index (χ3n) is 8.45. The van der Waals surface area contributed by atoms with Gasteiger partial charge in [-0.3, -0.25) is 4.79 Å². The second-order valence-corrected chi connectivity index (χ2v) is 12.3. The molecule has 0 amide bonds. The summed E-state index contributed by atoms with van der Waals surface area (Å²) in [5, 5.41) is 9.98. The third-order valence-corrected chi connectivity index (χ3v) is 8.45. The Kier molecular flexibility index (Phi) is 17.1. The van der Waals surface area contributed by atoms with Gasteiger partial charge in [-0.15, -0.1) is 76.5 Å². The summed E-state index contributed by atoms with van der Waals surface area (Å²) in [6.07, 6.45) is 9.16. The standard InChI is InChI=1S/2C21H20N.C5H8O2.Ir/c2*1-3-16-5-9-18(10-6-16)20-13-14-21(22-15-20)19-11-7-17(4-2)8-12-19;1-4(6)3-5(2)7;/h2*5-11,13-15H,3-4H2,1-2H3;3,6H,1-2H3;/q2*-1;;+3/p-1/b;;4-3-;. The summed E-state index contributed by atoms with van der Waals surface area (Å²) in [6.45, 7) is 11.3. The normalized spacial score (nSPS) is 10.5.